The zero-order chi connectivity index (χ0) is 20.8. The van der Waals surface area contributed by atoms with E-state index in [4.69, 9.17) is 0 Å². The molecular formula is C22H17F3N2O2. The van der Waals surface area contributed by atoms with E-state index in [1.807, 2.05) is 0 Å². The molecule has 0 aliphatic rings. The molecule has 4 nitrogen and oxygen atoms in total. The lowest BCUT2D eigenvalue weighted by Crippen LogP contribution is -2.39. The Morgan fingerprint density at radius 3 is 2.00 bits per heavy atom. The van der Waals surface area contributed by atoms with E-state index in [1.54, 1.807) is 30.3 Å². The fourth-order valence-electron chi connectivity index (χ4n) is 2.82. The predicted molar refractivity (Wildman–Crippen MR) is 102 cm³/mol. The number of amides is 2. The first-order valence-corrected chi connectivity index (χ1v) is 8.76. The molecule has 3 aromatic rings. The van der Waals surface area contributed by atoms with E-state index in [9.17, 15) is 22.8 Å². The SMILES string of the molecule is O=C(CNC(=O)c1ccc(F)cc1)NC(c1ccccc1)c1cc(F)cc(F)c1. The van der Waals surface area contributed by atoms with E-state index in [2.05, 4.69) is 10.6 Å². The molecule has 1 atom stereocenters. The first-order valence-electron chi connectivity index (χ1n) is 8.76. The molecular weight excluding hydrogens is 381 g/mol. The number of halogens is 3. The van der Waals surface area contributed by atoms with E-state index >= 15 is 0 Å². The summed E-state index contributed by atoms with van der Waals surface area (Å²) in [5.41, 5.74) is 1.05. The van der Waals surface area contributed by atoms with Crippen molar-refractivity contribution in [2.75, 3.05) is 6.54 Å². The molecule has 0 saturated carbocycles. The minimum atomic E-state index is -0.809. The largest absolute Gasteiger partial charge is 0.344 e. The molecule has 0 saturated heterocycles. The average Bonchev–Trinajstić information content (AvgIpc) is 2.70. The van der Waals surface area contributed by atoms with Crippen molar-refractivity contribution in [2.45, 2.75) is 6.04 Å². The molecule has 0 aliphatic heterocycles. The van der Waals surface area contributed by atoms with E-state index < -0.39 is 35.3 Å². The zero-order valence-corrected chi connectivity index (χ0v) is 15.2. The molecule has 2 amide bonds. The maximum Gasteiger partial charge on any atom is 0.251 e. The van der Waals surface area contributed by atoms with Crippen LogP contribution in [-0.4, -0.2) is 18.4 Å². The Hall–Kier alpha value is -3.61. The Kier molecular flexibility index (Phi) is 6.29. The van der Waals surface area contributed by atoms with Crippen molar-refractivity contribution in [3.63, 3.8) is 0 Å². The third-order valence-corrected chi connectivity index (χ3v) is 4.17. The number of nitrogens with one attached hydrogen (secondary N) is 2. The third kappa shape index (κ3) is 5.44. The summed E-state index contributed by atoms with van der Waals surface area (Å²) in [5.74, 6) is -3.11. The summed E-state index contributed by atoms with van der Waals surface area (Å²) in [7, 11) is 0. The molecule has 2 N–H and O–H groups in total. The highest BCUT2D eigenvalue weighted by Crippen LogP contribution is 2.23. The number of hydrogen-bond acceptors (Lipinski definition) is 2. The van der Waals surface area contributed by atoms with Crippen LogP contribution in [-0.2, 0) is 4.79 Å². The molecule has 3 aromatic carbocycles. The highest BCUT2D eigenvalue weighted by atomic mass is 19.1. The van der Waals surface area contributed by atoms with Crippen molar-refractivity contribution in [1.29, 1.82) is 0 Å². The lowest BCUT2D eigenvalue weighted by molar-refractivity contribution is -0.120. The monoisotopic (exact) mass is 398 g/mol. The molecule has 148 valence electrons. The van der Waals surface area contributed by atoms with Gasteiger partial charge in [-0.05, 0) is 47.5 Å². The minimum Gasteiger partial charge on any atom is -0.344 e. The van der Waals surface area contributed by atoms with Crippen molar-refractivity contribution in [3.05, 3.63) is 107 Å². The van der Waals surface area contributed by atoms with Crippen molar-refractivity contribution in [3.8, 4) is 0 Å². The lowest BCUT2D eigenvalue weighted by Gasteiger charge is -2.20. The molecule has 0 aliphatic carbocycles. The molecule has 1 unspecified atom stereocenters. The molecule has 0 spiro atoms. The van der Waals surface area contributed by atoms with Crippen LogP contribution in [0.4, 0.5) is 13.2 Å². The van der Waals surface area contributed by atoms with Crippen molar-refractivity contribution in [1.82, 2.24) is 10.6 Å². The summed E-state index contributed by atoms with van der Waals surface area (Å²) in [6.07, 6.45) is 0. The number of benzene rings is 3. The van der Waals surface area contributed by atoms with Gasteiger partial charge in [0.2, 0.25) is 5.91 Å². The smallest absolute Gasteiger partial charge is 0.251 e. The maximum atomic E-state index is 13.7. The second kappa shape index (κ2) is 9.05. The van der Waals surface area contributed by atoms with Gasteiger partial charge in [-0.15, -0.1) is 0 Å². The lowest BCUT2D eigenvalue weighted by atomic mass is 9.98. The van der Waals surface area contributed by atoms with Crippen LogP contribution in [0.15, 0.2) is 72.8 Å². The van der Waals surface area contributed by atoms with Crippen LogP contribution >= 0.6 is 0 Å². The molecule has 0 heterocycles. The van der Waals surface area contributed by atoms with Gasteiger partial charge in [0.1, 0.15) is 17.5 Å². The highest BCUT2D eigenvalue weighted by molar-refractivity contribution is 5.96. The number of carbonyl (C=O) groups excluding carboxylic acids is 2. The van der Waals surface area contributed by atoms with Crippen LogP contribution in [0.5, 0.6) is 0 Å². The second-order valence-electron chi connectivity index (χ2n) is 6.30. The van der Waals surface area contributed by atoms with E-state index in [1.165, 1.54) is 12.1 Å². The normalized spacial score (nSPS) is 11.6. The third-order valence-electron chi connectivity index (χ3n) is 4.17. The maximum absolute atomic E-state index is 13.7. The van der Waals surface area contributed by atoms with Crippen LogP contribution in [0.1, 0.15) is 27.5 Å². The molecule has 0 fully saturated rings. The number of carbonyl (C=O) groups is 2. The summed E-state index contributed by atoms with van der Waals surface area (Å²) in [5, 5.41) is 5.10. The molecule has 29 heavy (non-hydrogen) atoms. The standard InChI is InChI=1S/C22H17F3N2O2/c23-17-8-6-15(7-9-17)22(29)26-13-20(28)27-21(14-4-2-1-3-5-14)16-10-18(24)12-19(25)11-16/h1-12,21H,13H2,(H,26,29)(H,27,28). The van der Waals surface area contributed by atoms with Gasteiger partial charge in [0, 0.05) is 11.6 Å². The summed E-state index contributed by atoms with van der Waals surface area (Å²) >= 11 is 0. The Morgan fingerprint density at radius 2 is 1.38 bits per heavy atom. The van der Waals surface area contributed by atoms with Crippen LogP contribution in [0.25, 0.3) is 0 Å². The van der Waals surface area contributed by atoms with Crippen LogP contribution in [0.3, 0.4) is 0 Å². The van der Waals surface area contributed by atoms with Gasteiger partial charge >= 0.3 is 0 Å². The van der Waals surface area contributed by atoms with E-state index in [-0.39, 0.29) is 17.7 Å². The number of hydrogen-bond donors (Lipinski definition) is 2. The van der Waals surface area contributed by atoms with Crippen LogP contribution in [0, 0.1) is 17.5 Å². The van der Waals surface area contributed by atoms with Crippen molar-refractivity contribution in [2.24, 2.45) is 0 Å². The van der Waals surface area contributed by atoms with Gasteiger partial charge in [0.15, 0.2) is 0 Å². The Labute approximate surface area is 165 Å². The van der Waals surface area contributed by atoms with Gasteiger partial charge in [0.05, 0.1) is 12.6 Å². The van der Waals surface area contributed by atoms with Crippen LogP contribution < -0.4 is 10.6 Å². The molecule has 3 rings (SSSR count). The van der Waals surface area contributed by atoms with Crippen molar-refractivity contribution < 1.29 is 22.8 Å². The number of rotatable bonds is 6. The van der Waals surface area contributed by atoms with Gasteiger partial charge in [0.25, 0.3) is 5.91 Å². The molecule has 0 aromatic heterocycles. The molecule has 0 bridgehead atoms. The zero-order valence-electron chi connectivity index (χ0n) is 15.2. The molecule has 7 heteroatoms. The summed E-state index contributed by atoms with van der Waals surface area (Å²) in [6.45, 7) is -0.364. The summed E-state index contributed by atoms with van der Waals surface area (Å²) < 4.78 is 40.3. The van der Waals surface area contributed by atoms with Gasteiger partial charge < -0.3 is 10.6 Å². The van der Waals surface area contributed by atoms with Gasteiger partial charge in [-0.2, -0.15) is 0 Å². The Morgan fingerprint density at radius 1 is 0.759 bits per heavy atom. The second-order valence-corrected chi connectivity index (χ2v) is 6.30. The Balaban J connectivity index is 1.73. The molecule has 0 radical (unpaired) electrons. The fraction of sp³-hybridized carbons (Fsp3) is 0.0909. The van der Waals surface area contributed by atoms with E-state index in [0.29, 0.717) is 5.56 Å². The Bertz CT molecular complexity index is 988. The highest BCUT2D eigenvalue weighted by Gasteiger charge is 2.19. The van der Waals surface area contributed by atoms with Gasteiger partial charge in [-0.1, -0.05) is 30.3 Å². The topological polar surface area (TPSA) is 58.2 Å². The van der Waals surface area contributed by atoms with E-state index in [0.717, 1.165) is 30.3 Å². The predicted octanol–water partition coefficient (Wildman–Crippen LogP) is 3.74. The van der Waals surface area contributed by atoms with Gasteiger partial charge in [-0.25, -0.2) is 13.2 Å². The quantitative estimate of drug-likeness (QED) is 0.665. The average molecular weight is 398 g/mol. The minimum absolute atomic E-state index is 0.200. The van der Waals surface area contributed by atoms with Crippen LogP contribution in [0.2, 0.25) is 0 Å². The van der Waals surface area contributed by atoms with Gasteiger partial charge in [-0.3, -0.25) is 9.59 Å². The first-order chi connectivity index (χ1) is 13.9. The summed E-state index contributed by atoms with van der Waals surface area (Å²) in [4.78, 5) is 24.4. The first kappa shape index (κ1) is 20.1. The summed E-state index contributed by atoms with van der Waals surface area (Å²) in [6, 6.07) is 15.8. The van der Waals surface area contributed by atoms with Crippen molar-refractivity contribution >= 4 is 11.8 Å². The fourth-order valence-corrected chi connectivity index (χ4v) is 2.82.